The second-order valence-corrected chi connectivity index (χ2v) is 7.19. The van der Waals surface area contributed by atoms with Crippen molar-refractivity contribution in [3.05, 3.63) is 47.6 Å². The van der Waals surface area contributed by atoms with Gasteiger partial charge in [0.15, 0.2) is 0 Å². The molecule has 3 aromatic rings. The zero-order valence-corrected chi connectivity index (χ0v) is 15.1. The fourth-order valence-corrected chi connectivity index (χ4v) is 4.26. The van der Waals surface area contributed by atoms with Crippen LogP contribution in [0.5, 0.6) is 5.75 Å². The third kappa shape index (κ3) is 3.45. The molecule has 0 radical (unpaired) electrons. The lowest BCUT2D eigenvalue weighted by Crippen LogP contribution is -2.31. The Morgan fingerprint density at radius 1 is 1.16 bits per heavy atom. The lowest BCUT2D eigenvalue weighted by molar-refractivity contribution is 0.255. The van der Waals surface area contributed by atoms with Gasteiger partial charge < -0.3 is 10.1 Å². The third-order valence-electron chi connectivity index (χ3n) is 4.79. The Morgan fingerprint density at radius 2 is 1.96 bits per heavy atom. The fraction of sp³-hybridized carbons (Fsp3) is 0.368. The largest absolute Gasteiger partial charge is 0.497 e. The summed E-state index contributed by atoms with van der Waals surface area (Å²) in [5, 5.41) is 5.63. The molecule has 130 valence electrons. The minimum atomic E-state index is 0.332. The maximum Gasteiger partial charge on any atom is 0.147 e. The van der Waals surface area contributed by atoms with Crippen LogP contribution in [-0.4, -0.2) is 41.6 Å². The van der Waals surface area contributed by atoms with E-state index in [4.69, 9.17) is 4.74 Å². The van der Waals surface area contributed by atoms with E-state index in [1.165, 1.54) is 18.4 Å². The number of likely N-dealkylation sites (tertiary alicyclic amines) is 1. The van der Waals surface area contributed by atoms with Gasteiger partial charge in [-0.25, -0.2) is 9.97 Å². The zero-order chi connectivity index (χ0) is 17.1. The molecular formula is C19H22N4OS. The van der Waals surface area contributed by atoms with Gasteiger partial charge in [0.25, 0.3) is 0 Å². The van der Waals surface area contributed by atoms with Gasteiger partial charge in [-0.05, 0) is 55.1 Å². The highest BCUT2D eigenvalue weighted by atomic mass is 32.1. The Morgan fingerprint density at radius 3 is 2.72 bits per heavy atom. The molecule has 1 fully saturated rings. The number of aromatic nitrogens is 2. The molecule has 0 bridgehead atoms. The lowest BCUT2D eigenvalue weighted by atomic mass is 10.1. The number of methoxy groups -OCH3 is 1. The number of hydrogen-bond donors (Lipinski definition) is 1. The summed E-state index contributed by atoms with van der Waals surface area (Å²) in [4.78, 5) is 11.3. The molecule has 1 aliphatic heterocycles. The molecule has 25 heavy (non-hydrogen) atoms. The molecule has 1 aliphatic rings. The van der Waals surface area contributed by atoms with Crippen LogP contribution in [0.15, 0.2) is 42.0 Å². The van der Waals surface area contributed by atoms with Crippen LogP contribution >= 0.6 is 11.3 Å². The van der Waals surface area contributed by atoms with Gasteiger partial charge in [0.1, 0.15) is 17.9 Å². The highest BCUT2D eigenvalue weighted by Gasteiger charge is 2.23. The molecule has 1 saturated heterocycles. The van der Waals surface area contributed by atoms with Crippen molar-refractivity contribution in [3.8, 4) is 5.75 Å². The number of anilines is 1. The number of fused-ring (bicyclic) bond motifs is 1. The highest BCUT2D eigenvalue weighted by Crippen LogP contribution is 2.29. The average molecular weight is 354 g/mol. The first-order chi connectivity index (χ1) is 12.3. The quantitative estimate of drug-likeness (QED) is 0.726. The second-order valence-electron chi connectivity index (χ2n) is 6.27. The first kappa shape index (κ1) is 16.3. The summed E-state index contributed by atoms with van der Waals surface area (Å²) in [6, 6.07) is 10.8. The Bertz CT molecular complexity index is 827. The third-order valence-corrected chi connectivity index (χ3v) is 5.70. The molecule has 1 atom stereocenters. The summed E-state index contributed by atoms with van der Waals surface area (Å²) >= 11 is 1.68. The predicted molar refractivity (Wildman–Crippen MR) is 102 cm³/mol. The van der Waals surface area contributed by atoms with Crippen LogP contribution in [0, 0.1) is 0 Å². The average Bonchev–Trinajstić information content (AvgIpc) is 3.34. The molecule has 0 aliphatic carbocycles. The minimum absolute atomic E-state index is 0.332. The molecule has 0 saturated carbocycles. The maximum atomic E-state index is 5.30. The van der Waals surface area contributed by atoms with Crippen LogP contribution in [0.1, 0.15) is 24.4 Å². The molecule has 4 rings (SSSR count). The van der Waals surface area contributed by atoms with Gasteiger partial charge in [-0.1, -0.05) is 12.1 Å². The van der Waals surface area contributed by atoms with Crippen LogP contribution < -0.4 is 10.1 Å². The van der Waals surface area contributed by atoms with Crippen molar-refractivity contribution in [1.82, 2.24) is 14.9 Å². The van der Waals surface area contributed by atoms with E-state index in [1.54, 1.807) is 24.8 Å². The van der Waals surface area contributed by atoms with E-state index in [0.29, 0.717) is 6.04 Å². The van der Waals surface area contributed by atoms with Gasteiger partial charge >= 0.3 is 0 Å². The smallest absolute Gasteiger partial charge is 0.147 e. The molecule has 1 unspecified atom stereocenters. The van der Waals surface area contributed by atoms with Crippen molar-refractivity contribution in [1.29, 1.82) is 0 Å². The van der Waals surface area contributed by atoms with Gasteiger partial charge in [0.05, 0.1) is 23.4 Å². The monoisotopic (exact) mass is 354 g/mol. The van der Waals surface area contributed by atoms with Crippen LogP contribution in [0.2, 0.25) is 0 Å². The molecule has 3 heterocycles. The number of ether oxygens (including phenoxy) is 1. The van der Waals surface area contributed by atoms with Crippen molar-refractivity contribution in [2.75, 3.05) is 32.1 Å². The summed E-state index contributed by atoms with van der Waals surface area (Å²) in [6.45, 7) is 3.13. The van der Waals surface area contributed by atoms with Crippen LogP contribution in [0.3, 0.4) is 0 Å². The highest BCUT2D eigenvalue weighted by molar-refractivity contribution is 7.17. The molecule has 5 nitrogen and oxygen atoms in total. The number of nitrogens with zero attached hydrogens (tertiary/aromatic N) is 3. The van der Waals surface area contributed by atoms with Gasteiger partial charge in [-0.2, -0.15) is 0 Å². The van der Waals surface area contributed by atoms with Crippen LogP contribution in [0.25, 0.3) is 10.2 Å². The first-order valence-corrected chi connectivity index (χ1v) is 9.53. The topological polar surface area (TPSA) is 50.3 Å². The number of thiophene rings is 1. The van der Waals surface area contributed by atoms with Crippen molar-refractivity contribution in [3.63, 3.8) is 0 Å². The van der Waals surface area contributed by atoms with Crippen molar-refractivity contribution in [2.45, 2.75) is 18.9 Å². The number of benzene rings is 1. The molecule has 2 aromatic heterocycles. The van der Waals surface area contributed by atoms with Gasteiger partial charge in [-0.15, -0.1) is 11.3 Å². The second kappa shape index (κ2) is 7.37. The van der Waals surface area contributed by atoms with E-state index >= 15 is 0 Å². The van der Waals surface area contributed by atoms with E-state index in [2.05, 4.69) is 37.7 Å². The van der Waals surface area contributed by atoms with E-state index in [-0.39, 0.29) is 0 Å². The Kier molecular flexibility index (Phi) is 4.81. The molecule has 0 amide bonds. The zero-order valence-electron chi connectivity index (χ0n) is 14.3. The summed E-state index contributed by atoms with van der Waals surface area (Å²) in [5.74, 6) is 1.82. The predicted octanol–water partition coefficient (Wildman–Crippen LogP) is 3.95. The normalized spacial score (nSPS) is 16.2. The van der Waals surface area contributed by atoms with Crippen LogP contribution in [0.4, 0.5) is 5.82 Å². The van der Waals surface area contributed by atoms with E-state index in [9.17, 15) is 0 Å². The maximum absolute atomic E-state index is 5.30. The first-order valence-electron chi connectivity index (χ1n) is 8.65. The standard InChI is InChI=1S/C19H22N4OS/c1-24-15-6-4-14(5-7-15)17(23-9-2-3-10-23)12-20-19-18-16(8-11-25-18)21-13-22-19/h4-8,11,13,17H,2-3,9-10,12H2,1H3,(H,20,21,22). The fourth-order valence-electron chi connectivity index (χ4n) is 3.45. The van der Waals surface area contributed by atoms with Gasteiger partial charge in [0, 0.05) is 6.54 Å². The SMILES string of the molecule is COc1ccc(C(CNc2ncnc3ccsc23)N2CCCC2)cc1. The van der Waals surface area contributed by atoms with E-state index < -0.39 is 0 Å². The van der Waals surface area contributed by atoms with Crippen molar-refractivity contribution >= 4 is 27.4 Å². The minimum Gasteiger partial charge on any atom is -0.497 e. The number of hydrogen-bond acceptors (Lipinski definition) is 6. The summed E-state index contributed by atoms with van der Waals surface area (Å²) in [6.07, 6.45) is 4.18. The summed E-state index contributed by atoms with van der Waals surface area (Å²) in [5.41, 5.74) is 2.32. The van der Waals surface area contributed by atoms with Gasteiger partial charge in [-0.3, -0.25) is 4.90 Å². The van der Waals surface area contributed by atoms with Crippen molar-refractivity contribution in [2.24, 2.45) is 0 Å². The molecular weight excluding hydrogens is 332 g/mol. The molecule has 0 spiro atoms. The van der Waals surface area contributed by atoms with Crippen LogP contribution in [-0.2, 0) is 0 Å². The molecule has 6 heteroatoms. The number of nitrogens with one attached hydrogen (secondary N) is 1. The van der Waals surface area contributed by atoms with E-state index in [0.717, 1.165) is 41.4 Å². The summed E-state index contributed by atoms with van der Waals surface area (Å²) < 4.78 is 6.42. The Labute approximate surface area is 151 Å². The molecule has 1 aromatic carbocycles. The number of rotatable bonds is 6. The Hall–Kier alpha value is -2.18. The van der Waals surface area contributed by atoms with Crippen molar-refractivity contribution < 1.29 is 4.74 Å². The Balaban J connectivity index is 1.56. The van der Waals surface area contributed by atoms with Gasteiger partial charge in [0.2, 0.25) is 0 Å². The lowest BCUT2D eigenvalue weighted by Gasteiger charge is -2.28. The summed E-state index contributed by atoms with van der Waals surface area (Å²) in [7, 11) is 1.70. The van der Waals surface area contributed by atoms with E-state index in [1.807, 2.05) is 18.2 Å². The molecule has 1 N–H and O–H groups in total.